The second-order valence-corrected chi connectivity index (χ2v) is 5.55. The fourth-order valence-corrected chi connectivity index (χ4v) is 2.86. The van der Waals surface area contributed by atoms with Crippen molar-refractivity contribution in [1.29, 1.82) is 0 Å². The van der Waals surface area contributed by atoms with Crippen LogP contribution >= 0.6 is 11.6 Å². The fraction of sp³-hybridized carbons (Fsp3) is 0.312. The van der Waals surface area contributed by atoms with E-state index in [1.54, 1.807) is 24.3 Å². The van der Waals surface area contributed by atoms with Gasteiger partial charge in [0.25, 0.3) is 0 Å². The lowest BCUT2D eigenvalue weighted by atomic mass is 10.0. The van der Waals surface area contributed by atoms with Crippen LogP contribution in [0.4, 0.5) is 0 Å². The minimum absolute atomic E-state index is 0.0604. The van der Waals surface area contributed by atoms with Crippen molar-refractivity contribution in [3.05, 3.63) is 58.9 Å². The molecule has 1 fully saturated rings. The molecule has 0 atom stereocenters. The molecule has 2 aromatic rings. The van der Waals surface area contributed by atoms with E-state index in [9.17, 15) is 4.79 Å². The monoisotopic (exact) mass is 288 g/mol. The normalized spacial score (nSPS) is 16.2. The fourth-order valence-electron chi connectivity index (χ4n) is 2.74. The van der Waals surface area contributed by atoms with Gasteiger partial charge in [0.1, 0.15) is 0 Å². The van der Waals surface area contributed by atoms with Gasteiger partial charge in [-0.15, -0.1) is 0 Å². The summed E-state index contributed by atoms with van der Waals surface area (Å²) in [6.45, 7) is 2.02. The number of halogens is 1. The quantitative estimate of drug-likeness (QED) is 0.880. The van der Waals surface area contributed by atoms with Crippen molar-refractivity contribution in [3.8, 4) is 0 Å². The summed E-state index contributed by atoms with van der Waals surface area (Å²) in [7, 11) is 0. The van der Waals surface area contributed by atoms with E-state index < -0.39 is 0 Å². The van der Waals surface area contributed by atoms with E-state index in [0.717, 1.165) is 31.6 Å². The molecule has 1 aromatic heterocycles. The van der Waals surface area contributed by atoms with Gasteiger partial charge in [0, 0.05) is 22.8 Å². The molecular formula is C16H17ClN2O. The molecule has 0 saturated carbocycles. The summed E-state index contributed by atoms with van der Waals surface area (Å²) in [5.74, 6) is 0.0604. The highest BCUT2D eigenvalue weighted by Crippen LogP contribution is 2.23. The number of rotatable bonds is 3. The number of nitrogens with one attached hydrogen (secondary N) is 1. The smallest absolute Gasteiger partial charge is 0.209 e. The Morgan fingerprint density at radius 3 is 2.55 bits per heavy atom. The summed E-state index contributed by atoms with van der Waals surface area (Å²) in [6.07, 6.45) is 4.14. The molecule has 1 saturated heterocycles. The average molecular weight is 289 g/mol. The molecule has 4 heteroatoms. The highest BCUT2D eigenvalue weighted by molar-refractivity contribution is 6.30. The van der Waals surface area contributed by atoms with E-state index in [0.29, 0.717) is 16.6 Å². The number of piperidine rings is 1. The second kappa shape index (κ2) is 5.81. The van der Waals surface area contributed by atoms with Crippen molar-refractivity contribution in [1.82, 2.24) is 9.88 Å². The number of ketones is 1. The van der Waals surface area contributed by atoms with Gasteiger partial charge in [-0.05, 0) is 62.3 Å². The molecule has 1 aliphatic heterocycles. The van der Waals surface area contributed by atoms with Crippen molar-refractivity contribution >= 4 is 17.4 Å². The van der Waals surface area contributed by atoms with Crippen LogP contribution in [0.25, 0.3) is 0 Å². The SMILES string of the molecule is O=C(c1ccc(Cl)cc1)c1cccn1C1CCNCC1. The van der Waals surface area contributed by atoms with Crippen LogP contribution in [0.5, 0.6) is 0 Å². The highest BCUT2D eigenvalue weighted by Gasteiger charge is 2.20. The van der Waals surface area contributed by atoms with Crippen LogP contribution in [0.3, 0.4) is 0 Å². The van der Waals surface area contributed by atoms with Crippen LogP contribution in [0.1, 0.15) is 34.9 Å². The van der Waals surface area contributed by atoms with Crippen molar-refractivity contribution in [3.63, 3.8) is 0 Å². The number of hydrogen-bond acceptors (Lipinski definition) is 2. The van der Waals surface area contributed by atoms with Crippen LogP contribution in [-0.4, -0.2) is 23.4 Å². The number of aromatic nitrogens is 1. The Morgan fingerprint density at radius 2 is 1.85 bits per heavy atom. The summed E-state index contributed by atoms with van der Waals surface area (Å²) in [5.41, 5.74) is 1.45. The Balaban J connectivity index is 1.88. The van der Waals surface area contributed by atoms with Gasteiger partial charge in [-0.3, -0.25) is 4.79 Å². The van der Waals surface area contributed by atoms with E-state index in [-0.39, 0.29) is 5.78 Å². The molecule has 20 heavy (non-hydrogen) atoms. The second-order valence-electron chi connectivity index (χ2n) is 5.12. The molecule has 0 amide bonds. The Morgan fingerprint density at radius 1 is 1.15 bits per heavy atom. The van der Waals surface area contributed by atoms with Crippen molar-refractivity contribution in [2.45, 2.75) is 18.9 Å². The summed E-state index contributed by atoms with van der Waals surface area (Å²) in [5, 5.41) is 4.00. The van der Waals surface area contributed by atoms with Gasteiger partial charge in [0.15, 0.2) is 0 Å². The lowest BCUT2D eigenvalue weighted by molar-refractivity contribution is 0.102. The highest BCUT2D eigenvalue weighted by atomic mass is 35.5. The first kappa shape index (κ1) is 13.4. The van der Waals surface area contributed by atoms with Gasteiger partial charge in [-0.1, -0.05) is 11.6 Å². The number of carbonyl (C=O) groups excluding carboxylic acids is 1. The first-order valence-electron chi connectivity index (χ1n) is 6.93. The minimum atomic E-state index is 0.0604. The van der Waals surface area contributed by atoms with Gasteiger partial charge in [0.05, 0.1) is 5.69 Å². The molecule has 0 bridgehead atoms. The summed E-state index contributed by atoms with van der Waals surface area (Å²) < 4.78 is 2.12. The van der Waals surface area contributed by atoms with Crippen molar-refractivity contribution < 1.29 is 4.79 Å². The van der Waals surface area contributed by atoms with Crippen LogP contribution in [0.15, 0.2) is 42.6 Å². The predicted octanol–water partition coefficient (Wildman–Crippen LogP) is 3.30. The number of carbonyl (C=O) groups is 1. The number of benzene rings is 1. The van der Waals surface area contributed by atoms with E-state index in [4.69, 9.17) is 11.6 Å². The average Bonchev–Trinajstić information content (AvgIpc) is 2.97. The lowest BCUT2D eigenvalue weighted by Crippen LogP contribution is -2.30. The third-order valence-corrected chi connectivity index (χ3v) is 4.07. The third kappa shape index (κ3) is 2.65. The molecule has 1 N–H and O–H groups in total. The molecule has 0 unspecified atom stereocenters. The molecular weight excluding hydrogens is 272 g/mol. The molecule has 3 rings (SSSR count). The Hall–Kier alpha value is -1.58. The van der Waals surface area contributed by atoms with E-state index >= 15 is 0 Å². The maximum atomic E-state index is 12.6. The Labute approximate surface area is 123 Å². The molecule has 0 aliphatic carbocycles. The van der Waals surface area contributed by atoms with Crippen molar-refractivity contribution in [2.24, 2.45) is 0 Å². The van der Waals surface area contributed by atoms with Crippen LogP contribution in [-0.2, 0) is 0 Å². The zero-order valence-corrected chi connectivity index (χ0v) is 11.9. The van der Waals surface area contributed by atoms with Gasteiger partial charge < -0.3 is 9.88 Å². The van der Waals surface area contributed by atoms with Crippen LogP contribution < -0.4 is 5.32 Å². The molecule has 3 nitrogen and oxygen atoms in total. The molecule has 1 aromatic carbocycles. The van der Waals surface area contributed by atoms with E-state index in [1.807, 2.05) is 18.3 Å². The first-order valence-corrected chi connectivity index (χ1v) is 7.31. The first-order chi connectivity index (χ1) is 9.75. The lowest BCUT2D eigenvalue weighted by Gasteiger charge is -2.25. The van der Waals surface area contributed by atoms with Gasteiger partial charge in [-0.2, -0.15) is 0 Å². The Bertz CT molecular complexity index is 597. The summed E-state index contributed by atoms with van der Waals surface area (Å²) >= 11 is 5.87. The number of nitrogens with zero attached hydrogens (tertiary/aromatic N) is 1. The zero-order valence-electron chi connectivity index (χ0n) is 11.2. The largest absolute Gasteiger partial charge is 0.342 e. The topological polar surface area (TPSA) is 34.0 Å². The zero-order chi connectivity index (χ0) is 13.9. The van der Waals surface area contributed by atoms with E-state index in [1.165, 1.54) is 0 Å². The Kier molecular flexibility index (Phi) is 3.90. The van der Waals surface area contributed by atoms with E-state index in [2.05, 4.69) is 9.88 Å². The predicted molar refractivity (Wildman–Crippen MR) is 80.5 cm³/mol. The van der Waals surface area contributed by atoms with Gasteiger partial charge in [-0.25, -0.2) is 0 Å². The molecule has 1 aliphatic rings. The van der Waals surface area contributed by atoms with Gasteiger partial charge in [0.2, 0.25) is 5.78 Å². The van der Waals surface area contributed by atoms with Crippen molar-refractivity contribution in [2.75, 3.05) is 13.1 Å². The summed E-state index contributed by atoms with van der Waals surface area (Å²) in [6, 6.07) is 11.3. The molecule has 0 spiro atoms. The molecule has 104 valence electrons. The number of hydrogen-bond donors (Lipinski definition) is 1. The van der Waals surface area contributed by atoms with Crippen LogP contribution in [0.2, 0.25) is 5.02 Å². The molecule has 0 radical (unpaired) electrons. The minimum Gasteiger partial charge on any atom is -0.342 e. The third-order valence-electron chi connectivity index (χ3n) is 3.82. The van der Waals surface area contributed by atoms with Crippen LogP contribution in [0, 0.1) is 0 Å². The maximum Gasteiger partial charge on any atom is 0.209 e. The van der Waals surface area contributed by atoms with Gasteiger partial charge >= 0.3 is 0 Å². The standard InChI is InChI=1S/C16H17ClN2O/c17-13-5-3-12(4-6-13)16(20)15-2-1-11-19(15)14-7-9-18-10-8-14/h1-6,11,14,18H,7-10H2. The summed E-state index contributed by atoms with van der Waals surface area (Å²) in [4.78, 5) is 12.6. The maximum absolute atomic E-state index is 12.6. The molecule has 2 heterocycles.